The molecule has 96 valence electrons. The molecule has 2 N–H and O–H groups in total. The first-order valence-corrected chi connectivity index (χ1v) is 6.04. The fourth-order valence-corrected chi connectivity index (χ4v) is 1.47. The van der Waals surface area contributed by atoms with E-state index in [9.17, 15) is 4.79 Å². The van der Waals surface area contributed by atoms with Crippen LogP contribution in [0.3, 0.4) is 0 Å². The molecular weight excluding hydrogens is 216 g/mol. The third-order valence-corrected chi connectivity index (χ3v) is 2.88. The summed E-state index contributed by atoms with van der Waals surface area (Å²) in [7, 11) is 1.91. The molecule has 0 radical (unpaired) electrons. The first kappa shape index (κ1) is 13.7. The molecule has 0 saturated carbocycles. The average Bonchev–Trinajstić information content (AvgIpc) is 2.64. The molecule has 1 atom stereocenters. The van der Waals surface area contributed by atoms with Crippen LogP contribution in [0, 0.1) is 6.92 Å². The number of aromatic nitrogens is 2. The molecule has 1 rings (SSSR count). The van der Waals surface area contributed by atoms with Gasteiger partial charge in [-0.25, -0.2) is 0 Å². The van der Waals surface area contributed by atoms with Crippen LogP contribution in [0.15, 0.2) is 6.20 Å². The van der Waals surface area contributed by atoms with Crippen molar-refractivity contribution in [2.75, 3.05) is 6.54 Å². The third kappa shape index (κ3) is 3.85. The molecule has 0 fully saturated rings. The van der Waals surface area contributed by atoms with Crippen molar-refractivity contribution >= 4 is 5.91 Å². The van der Waals surface area contributed by atoms with Gasteiger partial charge in [0.15, 0.2) is 0 Å². The van der Waals surface area contributed by atoms with Crippen molar-refractivity contribution in [1.29, 1.82) is 0 Å². The van der Waals surface area contributed by atoms with E-state index in [0.717, 1.165) is 24.2 Å². The highest BCUT2D eigenvalue weighted by Gasteiger charge is 2.12. The summed E-state index contributed by atoms with van der Waals surface area (Å²) in [5.74, 6) is 0.0494. The number of aryl methyl sites for hydroxylation is 1. The van der Waals surface area contributed by atoms with Gasteiger partial charge in [0.05, 0.1) is 12.2 Å². The summed E-state index contributed by atoms with van der Waals surface area (Å²) in [4.78, 5) is 11.6. The van der Waals surface area contributed by atoms with Crippen LogP contribution in [-0.4, -0.2) is 28.3 Å². The van der Waals surface area contributed by atoms with Gasteiger partial charge in [-0.15, -0.1) is 0 Å². The molecule has 5 heteroatoms. The largest absolute Gasteiger partial charge is 0.355 e. The standard InChI is InChI=1S/C12H22N4O/c1-5-6-13-12(17)9(2)14-7-11-8-15-16(4)10(11)3/h8-9,14H,5-7H2,1-4H3,(H,13,17). The Labute approximate surface area is 103 Å². The molecule has 1 aromatic rings. The summed E-state index contributed by atoms with van der Waals surface area (Å²) in [5, 5.41) is 10.2. The zero-order valence-electron chi connectivity index (χ0n) is 11.1. The molecule has 0 aromatic carbocycles. The third-order valence-electron chi connectivity index (χ3n) is 2.88. The van der Waals surface area contributed by atoms with Crippen molar-refractivity contribution in [2.45, 2.75) is 39.8 Å². The van der Waals surface area contributed by atoms with E-state index in [1.165, 1.54) is 0 Å². The Morgan fingerprint density at radius 1 is 1.59 bits per heavy atom. The van der Waals surface area contributed by atoms with Crippen LogP contribution in [0.4, 0.5) is 0 Å². The SMILES string of the molecule is CCCNC(=O)C(C)NCc1cnn(C)c1C. The van der Waals surface area contributed by atoms with Crippen molar-refractivity contribution in [3.8, 4) is 0 Å². The first-order chi connectivity index (χ1) is 8.06. The average molecular weight is 238 g/mol. The van der Waals surface area contributed by atoms with Crippen molar-refractivity contribution in [1.82, 2.24) is 20.4 Å². The zero-order valence-corrected chi connectivity index (χ0v) is 11.1. The van der Waals surface area contributed by atoms with E-state index in [1.54, 1.807) is 0 Å². The van der Waals surface area contributed by atoms with Gasteiger partial charge in [0.2, 0.25) is 5.91 Å². The van der Waals surface area contributed by atoms with Gasteiger partial charge in [-0.05, 0) is 20.3 Å². The summed E-state index contributed by atoms with van der Waals surface area (Å²) in [6, 6.07) is -0.179. The lowest BCUT2D eigenvalue weighted by atomic mass is 10.2. The number of nitrogens with one attached hydrogen (secondary N) is 2. The van der Waals surface area contributed by atoms with Gasteiger partial charge in [0.1, 0.15) is 0 Å². The summed E-state index contributed by atoms with van der Waals surface area (Å²) < 4.78 is 1.83. The molecule has 1 unspecified atom stereocenters. The van der Waals surface area contributed by atoms with Gasteiger partial charge in [-0.3, -0.25) is 9.48 Å². The number of rotatable bonds is 6. The molecule has 0 aliphatic heterocycles. The van der Waals surface area contributed by atoms with Gasteiger partial charge >= 0.3 is 0 Å². The molecular formula is C12H22N4O. The minimum absolute atomic E-state index is 0.0494. The molecule has 0 spiro atoms. The fourth-order valence-electron chi connectivity index (χ4n) is 1.47. The summed E-state index contributed by atoms with van der Waals surface area (Å²) in [6.07, 6.45) is 2.79. The van der Waals surface area contributed by atoms with E-state index < -0.39 is 0 Å². The quantitative estimate of drug-likeness (QED) is 0.768. The Balaban J connectivity index is 2.40. The molecule has 0 aliphatic carbocycles. The van der Waals surface area contributed by atoms with E-state index in [2.05, 4.69) is 15.7 Å². The second kappa shape index (κ2) is 6.39. The summed E-state index contributed by atoms with van der Waals surface area (Å²) in [6.45, 7) is 7.33. The maximum Gasteiger partial charge on any atom is 0.236 e. The van der Waals surface area contributed by atoms with E-state index >= 15 is 0 Å². The van der Waals surface area contributed by atoms with Crippen LogP contribution in [-0.2, 0) is 18.4 Å². The Hall–Kier alpha value is -1.36. The fraction of sp³-hybridized carbons (Fsp3) is 0.667. The Kier molecular flexibility index (Phi) is 5.15. The van der Waals surface area contributed by atoms with Crippen molar-refractivity contribution in [3.63, 3.8) is 0 Å². The monoisotopic (exact) mass is 238 g/mol. The van der Waals surface area contributed by atoms with Gasteiger partial charge in [0.25, 0.3) is 0 Å². The maximum absolute atomic E-state index is 11.6. The summed E-state index contributed by atoms with van der Waals surface area (Å²) >= 11 is 0. The molecule has 0 aliphatic rings. The Morgan fingerprint density at radius 2 is 2.29 bits per heavy atom. The van der Waals surface area contributed by atoms with E-state index in [-0.39, 0.29) is 11.9 Å². The van der Waals surface area contributed by atoms with Crippen molar-refractivity contribution in [2.24, 2.45) is 7.05 Å². The number of amides is 1. The van der Waals surface area contributed by atoms with Crippen LogP contribution in [0.2, 0.25) is 0 Å². The van der Waals surface area contributed by atoms with Crippen molar-refractivity contribution < 1.29 is 4.79 Å². The van der Waals surface area contributed by atoms with Crippen LogP contribution in [0.5, 0.6) is 0 Å². The van der Waals surface area contributed by atoms with Gasteiger partial charge < -0.3 is 10.6 Å². The van der Waals surface area contributed by atoms with Crippen LogP contribution in [0.1, 0.15) is 31.5 Å². The number of hydrogen-bond donors (Lipinski definition) is 2. The van der Waals surface area contributed by atoms with Crippen molar-refractivity contribution in [3.05, 3.63) is 17.5 Å². The first-order valence-electron chi connectivity index (χ1n) is 6.04. The predicted molar refractivity (Wildman–Crippen MR) is 67.5 cm³/mol. The van der Waals surface area contributed by atoms with E-state index in [0.29, 0.717) is 6.54 Å². The molecule has 1 aromatic heterocycles. The summed E-state index contributed by atoms with van der Waals surface area (Å²) in [5.41, 5.74) is 2.25. The second-order valence-electron chi connectivity index (χ2n) is 4.27. The second-order valence-corrected chi connectivity index (χ2v) is 4.27. The minimum atomic E-state index is -0.179. The van der Waals surface area contributed by atoms with E-state index in [4.69, 9.17) is 0 Å². The van der Waals surface area contributed by atoms with Crippen LogP contribution in [0.25, 0.3) is 0 Å². The highest BCUT2D eigenvalue weighted by molar-refractivity contribution is 5.81. The topological polar surface area (TPSA) is 59.0 Å². The van der Waals surface area contributed by atoms with Gasteiger partial charge in [-0.2, -0.15) is 5.10 Å². The Bertz CT molecular complexity index is 373. The van der Waals surface area contributed by atoms with E-state index in [1.807, 2.05) is 38.7 Å². The smallest absolute Gasteiger partial charge is 0.236 e. The maximum atomic E-state index is 11.6. The normalized spacial score (nSPS) is 12.5. The number of carbonyl (C=O) groups is 1. The predicted octanol–water partition coefficient (Wildman–Crippen LogP) is 0.733. The van der Waals surface area contributed by atoms with Crippen LogP contribution < -0.4 is 10.6 Å². The molecule has 5 nitrogen and oxygen atoms in total. The zero-order chi connectivity index (χ0) is 12.8. The highest BCUT2D eigenvalue weighted by atomic mass is 16.2. The van der Waals surface area contributed by atoms with Gasteiger partial charge in [-0.1, -0.05) is 6.92 Å². The molecule has 17 heavy (non-hydrogen) atoms. The van der Waals surface area contributed by atoms with Gasteiger partial charge in [0, 0.05) is 31.4 Å². The number of carbonyl (C=O) groups excluding carboxylic acids is 1. The lowest BCUT2D eigenvalue weighted by molar-refractivity contribution is -0.122. The molecule has 1 heterocycles. The molecule has 0 bridgehead atoms. The lowest BCUT2D eigenvalue weighted by Gasteiger charge is -2.13. The molecule has 0 saturated heterocycles. The minimum Gasteiger partial charge on any atom is -0.355 e. The van der Waals surface area contributed by atoms with Crippen LogP contribution >= 0.6 is 0 Å². The highest BCUT2D eigenvalue weighted by Crippen LogP contribution is 2.04. The Morgan fingerprint density at radius 3 is 2.82 bits per heavy atom. The lowest BCUT2D eigenvalue weighted by Crippen LogP contribution is -2.42. The number of nitrogens with zero attached hydrogens (tertiary/aromatic N) is 2. The number of hydrogen-bond acceptors (Lipinski definition) is 3. The molecule has 1 amide bonds.